The highest BCUT2D eigenvalue weighted by Gasteiger charge is 2.24. The fourth-order valence-electron chi connectivity index (χ4n) is 1.29. The van der Waals surface area contributed by atoms with Crippen molar-refractivity contribution in [2.24, 2.45) is 11.3 Å². The molecule has 0 fully saturated rings. The third-order valence-corrected chi connectivity index (χ3v) is 2.34. The van der Waals surface area contributed by atoms with Gasteiger partial charge in [-0.05, 0) is 40.0 Å². The molecule has 0 aromatic heterocycles. The zero-order valence-electron chi connectivity index (χ0n) is 11.8. The lowest BCUT2D eigenvalue weighted by Crippen LogP contribution is -2.29. The van der Waals surface area contributed by atoms with Crippen molar-refractivity contribution in [2.75, 3.05) is 6.61 Å². The minimum atomic E-state index is -0.0427. The summed E-state index contributed by atoms with van der Waals surface area (Å²) in [5.41, 5.74) is 1.59. The first kappa shape index (κ1) is 14.7. The van der Waals surface area contributed by atoms with E-state index >= 15 is 0 Å². The first-order chi connectivity index (χ1) is 6.52. The maximum absolute atomic E-state index is 5.87. The van der Waals surface area contributed by atoms with Crippen molar-refractivity contribution in [2.45, 2.75) is 61.0 Å². The van der Waals surface area contributed by atoms with E-state index in [9.17, 15) is 0 Å². The van der Waals surface area contributed by atoms with Gasteiger partial charge in [0.1, 0.15) is 0 Å². The molecule has 0 aliphatic rings. The predicted octanol–water partition coefficient (Wildman–Crippen LogP) is 4.43. The molecule has 0 spiro atoms. The molecule has 0 bridgehead atoms. The van der Waals surface area contributed by atoms with Crippen molar-refractivity contribution in [3.8, 4) is 0 Å². The molecule has 0 rings (SSSR count). The van der Waals surface area contributed by atoms with Crippen LogP contribution >= 0.6 is 0 Å². The summed E-state index contributed by atoms with van der Waals surface area (Å²) in [7, 11) is 0. The molecule has 0 amide bonds. The van der Waals surface area contributed by atoms with Crippen LogP contribution in [-0.4, -0.2) is 12.2 Å². The van der Waals surface area contributed by atoms with Crippen molar-refractivity contribution in [1.29, 1.82) is 0 Å². The standard InChI is InChI=1S/C14H28O/c1-11(2)9-12(13(3,4)5)10-15-14(6,7)8/h9,12H,10H2,1-8H3. The van der Waals surface area contributed by atoms with E-state index in [0.29, 0.717) is 5.92 Å². The Labute approximate surface area is 95.9 Å². The van der Waals surface area contributed by atoms with Crippen molar-refractivity contribution >= 4 is 0 Å². The highest BCUT2D eigenvalue weighted by atomic mass is 16.5. The molecule has 0 saturated carbocycles. The Bertz CT molecular complexity index is 208. The van der Waals surface area contributed by atoms with E-state index in [2.05, 4.69) is 61.5 Å². The lowest BCUT2D eigenvalue weighted by molar-refractivity contribution is -0.0309. The van der Waals surface area contributed by atoms with Crippen LogP contribution in [0.5, 0.6) is 0 Å². The summed E-state index contributed by atoms with van der Waals surface area (Å²) < 4.78 is 5.87. The second kappa shape index (κ2) is 5.16. The van der Waals surface area contributed by atoms with Gasteiger partial charge in [-0.15, -0.1) is 0 Å². The summed E-state index contributed by atoms with van der Waals surface area (Å²) in [4.78, 5) is 0. The lowest BCUT2D eigenvalue weighted by Gasteiger charge is -2.31. The van der Waals surface area contributed by atoms with Crippen LogP contribution in [0.1, 0.15) is 55.4 Å². The number of hydrogen-bond donors (Lipinski definition) is 0. The molecule has 0 aromatic rings. The molecule has 0 heterocycles. The Balaban J connectivity index is 4.48. The number of rotatable bonds is 3. The number of hydrogen-bond acceptors (Lipinski definition) is 1. The van der Waals surface area contributed by atoms with Gasteiger partial charge in [0.05, 0.1) is 12.2 Å². The van der Waals surface area contributed by atoms with Crippen LogP contribution in [-0.2, 0) is 4.74 Å². The van der Waals surface area contributed by atoms with Crippen molar-refractivity contribution in [1.82, 2.24) is 0 Å². The maximum Gasteiger partial charge on any atom is 0.0598 e. The molecule has 1 unspecified atom stereocenters. The van der Waals surface area contributed by atoms with E-state index in [0.717, 1.165) is 6.61 Å². The summed E-state index contributed by atoms with van der Waals surface area (Å²) in [5, 5.41) is 0. The van der Waals surface area contributed by atoms with E-state index in [4.69, 9.17) is 4.74 Å². The van der Waals surface area contributed by atoms with E-state index in [-0.39, 0.29) is 11.0 Å². The molecule has 0 aliphatic carbocycles. The molecule has 0 saturated heterocycles. The second-order valence-corrected chi connectivity index (χ2v) is 6.64. The molecular formula is C14H28O. The smallest absolute Gasteiger partial charge is 0.0598 e. The Hall–Kier alpha value is -0.300. The zero-order valence-corrected chi connectivity index (χ0v) is 11.8. The van der Waals surface area contributed by atoms with Crippen molar-refractivity contribution in [3.63, 3.8) is 0 Å². The highest BCUT2D eigenvalue weighted by molar-refractivity contribution is 5.01. The van der Waals surface area contributed by atoms with Gasteiger partial charge >= 0.3 is 0 Å². The maximum atomic E-state index is 5.87. The van der Waals surface area contributed by atoms with Gasteiger partial charge in [-0.25, -0.2) is 0 Å². The Kier molecular flexibility index (Phi) is 5.05. The zero-order chi connectivity index (χ0) is 12.3. The van der Waals surface area contributed by atoms with E-state index in [1.807, 2.05) is 0 Å². The third-order valence-electron chi connectivity index (χ3n) is 2.34. The van der Waals surface area contributed by atoms with Gasteiger partial charge in [0.2, 0.25) is 0 Å². The van der Waals surface area contributed by atoms with E-state index in [1.54, 1.807) is 0 Å². The summed E-state index contributed by atoms with van der Waals surface area (Å²) in [6.07, 6.45) is 2.33. The SMILES string of the molecule is CC(C)=CC(COC(C)(C)C)C(C)(C)C. The fourth-order valence-corrected chi connectivity index (χ4v) is 1.29. The van der Waals surface area contributed by atoms with Gasteiger partial charge in [-0.1, -0.05) is 32.4 Å². The fraction of sp³-hybridized carbons (Fsp3) is 0.857. The van der Waals surface area contributed by atoms with Crippen LogP contribution in [0.3, 0.4) is 0 Å². The average molecular weight is 212 g/mol. The minimum Gasteiger partial charge on any atom is -0.375 e. The third kappa shape index (κ3) is 7.61. The van der Waals surface area contributed by atoms with Gasteiger partial charge in [0.25, 0.3) is 0 Å². The molecule has 0 aromatic carbocycles. The van der Waals surface area contributed by atoms with E-state index in [1.165, 1.54) is 5.57 Å². The van der Waals surface area contributed by atoms with Gasteiger partial charge < -0.3 is 4.74 Å². The topological polar surface area (TPSA) is 9.23 Å². The Morgan fingerprint density at radius 1 is 1.07 bits per heavy atom. The lowest BCUT2D eigenvalue weighted by atomic mass is 9.80. The average Bonchev–Trinajstić information content (AvgIpc) is 1.93. The number of allylic oxidation sites excluding steroid dienone is 1. The van der Waals surface area contributed by atoms with Gasteiger partial charge in [-0.3, -0.25) is 0 Å². The van der Waals surface area contributed by atoms with Gasteiger partial charge in [-0.2, -0.15) is 0 Å². The molecule has 1 nitrogen and oxygen atoms in total. The molecule has 0 radical (unpaired) electrons. The van der Waals surface area contributed by atoms with Crippen LogP contribution in [0.2, 0.25) is 0 Å². The highest BCUT2D eigenvalue weighted by Crippen LogP contribution is 2.29. The molecular weight excluding hydrogens is 184 g/mol. The monoisotopic (exact) mass is 212 g/mol. The van der Waals surface area contributed by atoms with Crippen LogP contribution in [0.4, 0.5) is 0 Å². The Morgan fingerprint density at radius 2 is 1.53 bits per heavy atom. The van der Waals surface area contributed by atoms with Crippen molar-refractivity contribution < 1.29 is 4.74 Å². The molecule has 0 aliphatic heterocycles. The van der Waals surface area contributed by atoms with Gasteiger partial charge in [0, 0.05) is 5.92 Å². The molecule has 90 valence electrons. The second-order valence-electron chi connectivity index (χ2n) is 6.64. The van der Waals surface area contributed by atoms with Crippen LogP contribution < -0.4 is 0 Å². The largest absolute Gasteiger partial charge is 0.375 e. The van der Waals surface area contributed by atoms with Crippen LogP contribution in [0, 0.1) is 11.3 Å². The molecule has 15 heavy (non-hydrogen) atoms. The molecule has 1 atom stereocenters. The first-order valence-corrected chi connectivity index (χ1v) is 5.81. The normalized spacial score (nSPS) is 14.9. The number of ether oxygens (including phenoxy) is 1. The quantitative estimate of drug-likeness (QED) is 0.629. The van der Waals surface area contributed by atoms with Crippen LogP contribution in [0.15, 0.2) is 11.6 Å². The summed E-state index contributed by atoms with van der Waals surface area (Å²) in [6.45, 7) is 18.2. The van der Waals surface area contributed by atoms with Crippen LogP contribution in [0.25, 0.3) is 0 Å². The summed E-state index contributed by atoms with van der Waals surface area (Å²) in [5.74, 6) is 0.488. The summed E-state index contributed by atoms with van der Waals surface area (Å²) >= 11 is 0. The Morgan fingerprint density at radius 3 is 1.80 bits per heavy atom. The minimum absolute atomic E-state index is 0.0427. The molecule has 0 N–H and O–H groups in total. The summed E-state index contributed by atoms with van der Waals surface area (Å²) in [6, 6.07) is 0. The first-order valence-electron chi connectivity index (χ1n) is 5.81. The molecule has 1 heteroatoms. The van der Waals surface area contributed by atoms with Crippen molar-refractivity contribution in [3.05, 3.63) is 11.6 Å². The van der Waals surface area contributed by atoms with E-state index < -0.39 is 0 Å². The predicted molar refractivity (Wildman–Crippen MR) is 68.1 cm³/mol. The van der Waals surface area contributed by atoms with Gasteiger partial charge in [0.15, 0.2) is 0 Å².